The highest BCUT2D eigenvalue weighted by atomic mass is 79.9. The molecule has 7 nitrogen and oxygen atoms in total. The summed E-state index contributed by atoms with van der Waals surface area (Å²) >= 11 is 5.24. The molecule has 1 N–H and O–H groups in total. The van der Waals surface area contributed by atoms with E-state index in [2.05, 4.69) is 20.9 Å². The van der Waals surface area contributed by atoms with Gasteiger partial charge in [0.2, 0.25) is 6.79 Å². The lowest BCUT2D eigenvalue weighted by Crippen LogP contribution is -2.11. The number of methoxy groups -OCH3 is 1. The molecule has 2 aliphatic rings. The highest BCUT2D eigenvalue weighted by Crippen LogP contribution is 2.41. The fraction of sp³-hybridized carbons (Fsp3) is 0.280. The molecule has 174 valence electrons. The number of halogens is 1. The average Bonchev–Trinajstić information content (AvgIpc) is 3.46. The first kappa shape index (κ1) is 21.5. The van der Waals surface area contributed by atoms with Gasteiger partial charge in [0.15, 0.2) is 23.0 Å². The Hall–Kier alpha value is -3.04. The van der Waals surface area contributed by atoms with Crippen molar-refractivity contribution < 1.29 is 18.9 Å². The highest BCUT2D eigenvalue weighted by molar-refractivity contribution is 9.10. The molecule has 3 heterocycles. The average molecular weight is 541 g/mol. The van der Waals surface area contributed by atoms with Gasteiger partial charge in [-0.05, 0) is 77.0 Å². The van der Waals surface area contributed by atoms with Gasteiger partial charge in [-0.25, -0.2) is 4.98 Å². The maximum absolute atomic E-state index is 13.0. The third-order valence-electron chi connectivity index (χ3n) is 6.15. The fourth-order valence-corrected chi connectivity index (χ4v) is 6.30. The fourth-order valence-electron chi connectivity index (χ4n) is 4.48. The Bertz CT molecular complexity index is 1480. The van der Waals surface area contributed by atoms with Crippen molar-refractivity contribution in [1.29, 1.82) is 0 Å². The van der Waals surface area contributed by atoms with E-state index in [1.54, 1.807) is 18.4 Å². The summed E-state index contributed by atoms with van der Waals surface area (Å²) < 4.78 is 23.2. The number of fused-ring (bicyclic) bond motifs is 4. The van der Waals surface area contributed by atoms with Crippen molar-refractivity contribution in [3.05, 3.63) is 61.2 Å². The molecule has 0 spiro atoms. The van der Waals surface area contributed by atoms with E-state index in [-0.39, 0.29) is 12.4 Å². The van der Waals surface area contributed by atoms with Crippen molar-refractivity contribution in [3.63, 3.8) is 0 Å². The Labute approximate surface area is 207 Å². The van der Waals surface area contributed by atoms with Gasteiger partial charge in [0.05, 0.1) is 17.0 Å². The summed E-state index contributed by atoms with van der Waals surface area (Å²) in [7, 11) is 1.59. The summed E-state index contributed by atoms with van der Waals surface area (Å²) in [5.74, 6) is 3.06. The van der Waals surface area contributed by atoms with Gasteiger partial charge in [-0.2, -0.15) is 0 Å². The summed E-state index contributed by atoms with van der Waals surface area (Å²) in [6.45, 7) is 0.559. The zero-order valence-corrected chi connectivity index (χ0v) is 20.8. The lowest BCUT2D eigenvalue weighted by molar-refractivity contribution is 0.174. The number of H-pyrrole nitrogens is 1. The summed E-state index contributed by atoms with van der Waals surface area (Å²) in [4.78, 5) is 22.8. The predicted octanol–water partition coefficient (Wildman–Crippen LogP) is 5.61. The third kappa shape index (κ3) is 3.73. The molecule has 1 aliphatic heterocycles. The number of benzene rings is 2. The molecular formula is C25H21BrN2O5S. The molecule has 0 saturated heterocycles. The summed E-state index contributed by atoms with van der Waals surface area (Å²) in [5.41, 5.74) is 2.78. The molecule has 0 amide bonds. The number of rotatable bonds is 5. The van der Waals surface area contributed by atoms with Crippen molar-refractivity contribution in [2.75, 3.05) is 13.9 Å². The largest absolute Gasteiger partial charge is 0.493 e. The lowest BCUT2D eigenvalue weighted by atomic mass is 9.97. The van der Waals surface area contributed by atoms with Crippen LogP contribution in [-0.2, 0) is 19.4 Å². The Morgan fingerprint density at radius 2 is 2.00 bits per heavy atom. The minimum atomic E-state index is -0.0855. The molecule has 9 heteroatoms. The second kappa shape index (κ2) is 8.63. The topological polar surface area (TPSA) is 82.7 Å². The Balaban J connectivity index is 1.32. The number of aromatic amines is 1. The number of thiophene rings is 1. The van der Waals surface area contributed by atoms with E-state index < -0.39 is 0 Å². The van der Waals surface area contributed by atoms with E-state index in [1.165, 1.54) is 16.9 Å². The van der Waals surface area contributed by atoms with Crippen molar-refractivity contribution in [1.82, 2.24) is 9.97 Å². The van der Waals surface area contributed by atoms with Crippen molar-refractivity contribution in [3.8, 4) is 34.4 Å². The van der Waals surface area contributed by atoms with Crippen LogP contribution in [0.15, 0.2) is 39.6 Å². The summed E-state index contributed by atoms with van der Waals surface area (Å²) in [6, 6.07) is 9.43. The standard InChI is InChI=1S/C25H21BrN2O5S/c1-30-19-10-14(23-27-24(29)21-15-4-2-3-5-20(15)34-25(21)28-23)9-16(26)22(19)31-11-13-6-7-17-18(8-13)33-12-32-17/h6-10H,2-5,11-12H2,1H3,(H,27,28,29). The van der Waals surface area contributed by atoms with E-state index in [4.69, 9.17) is 23.9 Å². The van der Waals surface area contributed by atoms with Crippen molar-refractivity contribution in [2.45, 2.75) is 32.3 Å². The van der Waals surface area contributed by atoms with Crippen LogP contribution in [0.3, 0.4) is 0 Å². The van der Waals surface area contributed by atoms with Crippen LogP contribution in [-0.4, -0.2) is 23.9 Å². The van der Waals surface area contributed by atoms with Crippen LogP contribution >= 0.6 is 27.3 Å². The first-order valence-corrected chi connectivity index (χ1v) is 12.7. The first-order valence-electron chi connectivity index (χ1n) is 11.0. The molecule has 0 radical (unpaired) electrons. The minimum Gasteiger partial charge on any atom is -0.493 e. The summed E-state index contributed by atoms with van der Waals surface area (Å²) in [5, 5.41) is 0.748. The maximum Gasteiger partial charge on any atom is 0.260 e. The maximum atomic E-state index is 13.0. The number of hydrogen-bond acceptors (Lipinski definition) is 7. The van der Waals surface area contributed by atoms with Crippen LogP contribution in [0.4, 0.5) is 0 Å². The molecule has 0 bridgehead atoms. The SMILES string of the molecule is COc1cc(-c2nc3sc4c(c3c(=O)[nH]2)CCCC4)cc(Br)c1OCc1ccc2c(c1)OCO2. The predicted molar refractivity (Wildman–Crippen MR) is 133 cm³/mol. The van der Waals surface area contributed by atoms with Crippen LogP contribution in [0.5, 0.6) is 23.0 Å². The van der Waals surface area contributed by atoms with Crippen LogP contribution < -0.4 is 24.5 Å². The zero-order valence-electron chi connectivity index (χ0n) is 18.4. The highest BCUT2D eigenvalue weighted by Gasteiger charge is 2.21. The van der Waals surface area contributed by atoms with E-state index in [9.17, 15) is 4.79 Å². The van der Waals surface area contributed by atoms with E-state index in [1.807, 2.05) is 30.3 Å². The van der Waals surface area contributed by atoms with Crippen LogP contribution in [0.2, 0.25) is 0 Å². The third-order valence-corrected chi connectivity index (χ3v) is 7.92. The van der Waals surface area contributed by atoms with E-state index >= 15 is 0 Å². The smallest absolute Gasteiger partial charge is 0.260 e. The minimum absolute atomic E-state index is 0.0855. The van der Waals surface area contributed by atoms with Gasteiger partial charge < -0.3 is 23.9 Å². The zero-order chi connectivity index (χ0) is 23.2. The molecule has 0 unspecified atom stereocenters. The number of hydrogen-bond donors (Lipinski definition) is 1. The lowest BCUT2D eigenvalue weighted by Gasteiger charge is -2.14. The molecule has 4 aromatic rings. The normalized spacial score (nSPS) is 14.3. The number of nitrogens with zero attached hydrogens (tertiary/aromatic N) is 1. The van der Waals surface area contributed by atoms with Gasteiger partial charge in [0, 0.05) is 10.4 Å². The second-order valence-corrected chi connectivity index (χ2v) is 10.2. The number of ether oxygens (including phenoxy) is 4. The number of aromatic nitrogens is 2. The van der Waals surface area contributed by atoms with Gasteiger partial charge in [0.1, 0.15) is 17.3 Å². The van der Waals surface area contributed by atoms with Gasteiger partial charge in [-0.3, -0.25) is 4.79 Å². The second-order valence-electron chi connectivity index (χ2n) is 8.27. The molecule has 2 aromatic heterocycles. The van der Waals surface area contributed by atoms with Crippen molar-refractivity contribution in [2.24, 2.45) is 0 Å². The Morgan fingerprint density at radius 1 is 1.15 bits per heavy atom. The molecule has 6 rings (SSSR count). The molecule has 0 saturated carbocycles. The molecule has 1 aliphatic carbocycles. The summed E-state index contributed by atoms with van der Waals surface area (Å²) in [6.07, 6.45) is 4.27. The van der Waals surface area contributed by atoms with Crippen LogP contribution in [0.1, 0.15) is 28.8 Å². The van der Waals surface area contributed by atoms with Crippen LogP contribution in [0.25, 0.3) is 21.6 Å². The number of nitrogens with one attached hydrogen (secondary N) is 1. The monoisotopic (exact) mass is 540 g/mol. The van der Waals surface area contributed by atoms with Crippen LogP contribution in [0, 0.1) is 0 Å². The van der Waals surface area contributed by atoms with Gasteiger partial charge in [-0.15, -0.1) is 11.3 Å². The first-order chi connectivity index (χ1) is 16.6. The molecule has 2 aromatic carbocycles. The Morgan fingerprint density at radius 3 is 2.88 bits per heavy atom. The molecular weight excluding hydrogens is 520 g/mol. The molecule has 0 atom stereocenters. The van der Waals surface area contributed by atoms with E-state index in [0.29, 0.717) is 34.2 Å². The van der Waals surface area contributed by atoms with Crippen molar-refractivity contribution >= 4 is 37.5 Å². The van der Waals surface area contributed by atoms with Gasteiger partial charge >= 0.3 is 0 Å². The molecule has 0 fully saturated rings. The van der Waals surface area contributed by atoms with Gasteiger partial charge in [-0.1, -0.05) is 6.07 Å². The number of aryl methyl sites for hydroxylation is 2. The Kier molecular flexibility index (Phi) is 5.45. The quantitative estimate of drug-likeness (QED) is 0.354. The molecule has 34 heavy (non-hydrogen) atoms. The van der Waals surface area contributed by atoms with Gasteiger partial charge in [0.25, 0.3) is 5.56 Å². The van der Waals surface area contributed by atoms with E-state index in [0.717, 1.165) is 46.4 Å².